The van der Waals surface area contributed by atoms with Crippen molar-refractivity contribution in [1.29, 1.82) is 0 Å². The van der Waals surface area contributed by atoms with Crippen LogP contribution in [0, 0.1) is 0 Å². The van der Waals surface area contributed by atoms with Crippen molar-refractivity contribution in [2.45, 2.75) is 528 Å². The molecule has 0 aromatic carbocycles. The number of carbonyl (C=O) groups excluding carboxylic acids is 6. The Bertz CT molecular complexity index is 2640. The van der Waals surface area contributed by atoms with Gasteiger partial charge in [-0.2, -0.15) is 0 Å². The van der Waals surface area contributed by atoms with Gasteiger partial charge in [-0.1, -0.05) is 380 Å². The molecule has 0 aliphatic rings. The van der Waals surface area contributed by atoms with Crippen molar-refractivity contribution in [3.05, 3.63) is 146 Å². The van der Waals surface area contributed by atoms with Gasteiger partial charge >= 0.3 is 35.8 Å². The fraction of sp³-hybridized carbons (Fsp3) is 0.737. The number of hydrogen-bond acceptors (Lipinski definition) is 12. The van der Waals surface area contributed by atoms with Crippen LogP contribution in [0.5, 0.6) is 0 Å². The van der Waals surface area contributed by atoms with Crippen molar-refractivity contribution >= 4 is 35.8 Å². The number of unbranched alkanes of at least 4 members (excludes halogenated alkanes) is 48. The molecule has 126 heavy (non-hydrogen) atoms. The third-order valence-corrected chi connectivity index (χ3v) is 23.0. The van der Waals surface area contributed by atoms with Gasteiger partial charge in [0.15, 0.2) is 24.4 Å². The molecule has 0 unspecified atom stereocenters. The first-order chi connectivity index (χ1) is 62.1. The first kappa shape index (κ1) is 120. The first-order valence-electron chi connectivity index (χ1n) is 52.9. The average Bonchev–Trinajstić information content (AvgIpc) is 0.821. The summed E-state index contributed by atoms with van der Waals surface area (Å²) in [5, 5.41) is 0. The summed E-state index contributed by atoms with van der Waals surface area (Å²) in [6, 6.07) is 0. The standard InChI is InChI=1S/C114H194O12/c1-7-13-19-25-31-37-43-49-55-61-67-73-79-85-91-97-107(115)121-103-105(123-109(117)99-93-87-81-75-69-63-57-51-45-39-33-27-21-15-9-3)113(125-111(119)101-95-89-83-77-71-65-59-53-47-41-35-29-23-17-11-5)114(126-112(120)102-96-90-84-78-72-66-60-54-48-42-36-30-24-18-12-6)106(124-110(118)100-94-88-82-76-70-64-58-52-46-40-34-28-22-16-10-4)104-122-108(116)98-92-86-80-74-68-62-56-50-44-38-32-26-20-14-8-2/h31-42,49-60,105-106,113-114H,7-30,43-48,61-104H2,1-6H3/t105-,106+,113-,114-/m1/s1. The largest absolute Gasteiger partial charge is 0.462 e. The molecular formula is C114H194O12. The molecule has 0 saturated carbocycles. The van der Waals surface area contributed by atoms with E-state index in [-0.39, 0.29) is 38.5 Å². The average molecular weight is 1760 g/mol. The van der Waals surface area contributed by atoms with Crippen LogP contribution in [-0.2, 0) is 57.2 Å². The van der Waals surface area contributed by atoms with E-state index in [0.717, 1.165) is 270 Å². The molecule has 0 radical (unpaired) electrons. The van der Waals surface area contributed by atoms with Crippen molar-refractivity contribution in [1.82, 2.24) is 0 Å². The highest BCUT2D eigenvalue weighted by Crippen LogP contribution is 2.26. The summed E-state index contributed by atoms with van der Waals surface area (Å²) in [7, 11) is 0. The predicted molar refractivity (Wildman–Crippen MR) is 538 cm³/mol. The molecule has 0 aromatic heterocycles. The molecule has 722 valence electrons. The van der Waals surface area contributed by atoms with Gasteiger partial charge in [0.2, 0.25) is 0 Å². The highest BCUT2D eigenvalue weighted by molar-refractivity contribution is 5.73. The van der Waals surface area contributed by atoms with Crippen molar-refractivity contribution in [3.63, 3.8) is 0 Å². The minimum absolute atomic E-state index is 0.00726. The van der Waals surface area contributed by atoms with Crippen LogP contribution in [0.4, 0.5) is 0 Å². The van der Waals surface area contributed by atoms with E-state index in [1.807, 2.05) is 0 Å². The molecule has 0 bridgehead atoms. The van der Waals surface area contributed by atoms with E-state index in [9.17, 15) is 28.8 Å². The maximum Gasteiger partial charge on any atom is 0.306 e. The van der Waals surface area contributed by atoms with Crippen LogP contribution >= 0.6 is 0 Å². The van der Waals surface area contributed by atoms with Gasteiger partial charge < -0.3 is 28.4 Å². The molecule has 12 nitrogen and oxygen atoms in total. The molecular weight excluding hydrogens is 1560 g/mol. The van der Waals surface area contributed by atoms with Crippen LogP contribution in [0.2, 0.25) is 0 Å². The molecule has 0 amide bonds. The van der Waals surface area contributed by atoms with Gasteiger partial charge in [0, 0.05) is 38.5 Å². The van der Waals surface area contributed by atoms with Gasteiger partial charge in [-0.25, -0.2) is 0 Å². The smallest absolute Gasteiger partial charge is 0.306 e. The molecule has 0 aliphatic carbocycles. The highest BCUT2D eigenvalue weighted by Gasteiger charge is 2.46. The van der Waals surface area contributed by atoms with Gasteiger partial charge in [0.05, 0.1) is 0 Å². The number of ether oxygens (including phenoxy) is 6. The topological polar surface area (TPSA) is 158 Å². The van der Waals surface area contributed by atoms with Gasteiger partial charge in [0.1, 0.15) is 13.2 Å². The zero-order chi connectivity index (χ0) is 91.3. The Kier molecular flexibility index (Phi) is 95.8. The summed E-state index contributed by atoms with van der Waals surface area (Å²) in [6.45, 7) is 12.3. The van der Waals surface area contributed by atoms with Crippen molar-refractivity contribution in [2.75, 3.05) is 13.2 Å². The monoisotopic (exact) mass is 1760 g/mol. The van der Waals surface area contributed by atoms with Crippen LogP contribution in [-0.4, -0.2) is 73.4 Å². The Hall–Kier alpha value is -6.30. The molecule has 0 spiro atoms. The second-order valence-corrected chi connectivity index (χ2v) is 35.2. The Balaban J connectivity index is 7.66. The van der Waals surface area contributed by atoms with Crippen molar-refractivity contribution in [3.8, 4) is 0 Å². The second kappa shape index (κ2) is 101. The Morgan fingerprint density at radius 2 is 0.310 bits per heavy atom. The summed E-state index contributed by atoms with van der Waals surface area (Å²) in [5.74, 6) is -3.50. The summed E-state index contributed by atoms with van der Waals surface area (Å²) >= 11 is 0. The number of hydrogen-bond donors (Lipinski definition) is 0. The van der Waals surface area contributed by atoms with Gasteiger partial charge in [-0.05, 0) is 231 Å². The van der Waals surface area contributed by atoms with E-state index in [0.29, 0.717) is 38.5 Å². The maximum atomic E-state index is 14.9. The number of allylic oxidation sites excluding steroid dienone is 24. The fourth-order valence-electron chi connectivity index (χ4n) is 15.0. The third kappa shape index (κ3) is 89.7. The highest BCUT2D eigenvalue weighted by atomic mass is 16.6. The number of rotatable bonds is 95. The van der Waals surface area contributed by atoms with Crippen LogP contribution < -0.4 is 0 Å². The summed E-state index contributed by atoms with van der Waals surface area (Å²) < 4.78 is 38.5. The quantitative estimate of drug-likeness (QED) is 0.0246. The molecule has 0 heterocycles. The van der Waals surface area contributed by atoms with E-state index < -0.39 is 73.4 Å². The van der Waals surface area contributed by atoms with E-state index >= 15 is 0 Å². The van der Waals surface area contributed by atoms with E-state index in [1.165, 1.54) is 116 Å². The van der Waals surface area contributed by atoms with Crippen molar-refractivity contribution in [2.24, 2.45) is 0 Å². The SMILES string of the molecule is CCCCCC=CCC=CCCCCCCCC(=O)OC[C@H](OC(=O)CCCCCCCC=CCC=CCCCCC)[C@@H](OC(=O)CCCCCCCC=CCC=CCCCCC)[C@H](OC(=O)CCCCCCCC=CCC=CCCCCC)[C@@H](COC(=O)CCCCCCCC=CCC=CCCCCC)OC(=O)CCCCCCCC=CCC=CCCCCC. The van der Waals surface area contributed by atoms with E-state index in [2.05, 4.69) is 187 Å². The molecule has 0 aliphatic heterocycles. The molecule has 0 saturated heterocycles. The summed E-state index contributed by atoms with van der Waals surface area (Å²) in [6.07, 6.45) is 115. The minimum Gasteiger partial charge on any atom is -0.462 e. The lowest BCUT2D eigenvalue weighted by Gasteiger charge is -2.36. The van der Waals surface area contributed by atoms with Crippen LogP contribution in [0.1, 0.15) is 504 Å². The Morgan fingerprint density at radius 1 is 0.167 bits per heavy atom. The minimum atomic E-state index is -1.66. The predicted octanol–water partition coefficient (Wildman–Crippen LogP) is 34.6. The van der Waals surface area contributed by atoms with E-state index in [1.54, 1.807) is 0 Å². The molecule has 0 rings (SSSR count). The lowest BCUT2D eigenvalue weighted by molar-refractivity contribution is -0.209. The molecule has 0 aromatic rings. The number of carbonyl (C=O) groups is 6. The Labute approximate surface area is 775 Å². The molecule has 0 fully saturated rings. The van der Waals surface area contributed by atoms with Crippen LogP contribution in [0.25, 0.3) is 0 Å². The summed E-state index contributed by atoms with van der Waals surface area (Å²) in [4.78, 5) is 87.3. The maximum absolute atomic E-state index is 14.9. The van der Waals surface area contributed by atoms with Gasteiger partial charge in [-0.3, -0.25) is 28.8 Å². The van der Waals surface area contributed by atoms with Gasteiger partial charge in [-0.15, -0.1) is 0 Å². The molecule has 4 atom stereocenters. The fourth-order valence-corrected chi connectivity index (χ4v) is 15.0. The normalized spacial score (nSPS) is 13.3. The van der Waals surface area contributed by atoms with Crippen LogP contribution in [0.15, 0.2) is 146 Å². The zero-order valence-electron chi connectivity index (χ0n) is 82.4. The van der Waals surface area contributed by atoms with Crippen molar-refractivity contribution < 1.29 is 57.2 Å². The molecule has 12 heteroatoms. The lowest BCUT2D eigenvalue weighted by atomic mass is 10.0. The number of esters is 6. The molecule has 0 N–H and O–H groups in total. The van der Waals surface area contributed by atoms with Crippen LogP contribution in [0.3, 0.4) is 0 Å². The van der Waals surface area contributed by atoms with E-state index in [4.69, 9.17) is 28.4 Å². The third-order valence-electron chi connectivity index (χ3n) is 23.0. The first-order valence-corrected chi connectivity index (χ1v) is 52.9. The van der Waals surface area contributed by atoms with Gasteiger partial charge in [0.25, 0.3) is 0 Å². The second-order valence-electron chi connectivity index (χ2n) is 35.2. The zero-order valence-corrected chi connectivity index (χ0v) is 82.4. The Morgan fingerprint density at radius 3 is 0.484 bits per heavy atom. The lowest BCUT2D eigenvalue weighted by Crippen LogP contribution is -2.54. The summed E-state index contributed by atoms with van der Waals surface area (Å²) in [5.41, 5.74) is 0.